The summed E-state index contributed by atoms with van der Waals surface area (Å²) in [7, 11) is 0. The highest BCUT2D eigenvalue weighted by Crippen LogP contribution is 2.82. The van der Waals surface area contributed by atoms with Gasteiger partial charge in [0.15, 0.2) is 4.33 Å². The molecule has 4 aliphatic carbocycles. The molecular weight excluding hydrogens is 401 g/mol. The van der Waals surface area contributed by atoms with Gasteiger partial charge in [-0.25, -0.2) is 0 Å². The van der Waals surface area contributed by atoms with Gasteiger partial charge in [0.2, 0.25) is 0 Å². The van der Waals surface area contributed by atoms with Crippen LogP contribution in [0.4, 0.5) is 0 Å². The van der Waals surface area contributed by atoms with Crippen LogP contribution in [-0.4, -0.2) is 25.2 Å². The first-order valence-electron chi connectivity index (χ1n) is 6.64. The molecule has 3 fully saturated rings. The second kappa shape index (κ2) is 4.13. The fourth-order valence-electron chi connectivity index (χ4n) is 5.33. The lowest BCUT2D eigenvalue weighted by molar-refractivity contribution is -0.144. The quantitative estimate of drug-likeness (QED) is 0.497. The van der Waals surface area contributed by atoms with Gasteiger partial charge in [0, 0.05) is 0 Å². The summed E-state index contributed by atoms with van der Waals surface area (Å²) in [5.41, 5.74) is 0. The van der Waals surface area contributed by atoms with Crippen molar-refractivity contribution in [2.75, 3.05) is 0 Å². The minimum Gasteiger partial charge on any atom is -0.481 e. The standard InChI is InChI=1S/C13H10Cl6O2/c14-8-9(15)12(17)7-4-1-3(2-5(4)10(20)21)6(7)11(8,16)13(12,18)19/h3-7H,1-2H2,(H,20,21). The number of carbonyl (C=O) groups is 1. The Hall–Kier alpha value is 0.950. The normalized spacial score (nSPS) is 56.2. The van der Waals surface area contributed by atoms with Crippen molar-refractivity contribution in [2.45, 2.75) is 26.9 Å². The summed E-state index contributed by atoms with van der Waals surface area (Å²) in [5.74, 6) is -1.67. The van der Waals surface area contributed by atoms with E-state index >= 15 is 0 Å². The molecule has 0 spiro atoms. The van der Waals surface area contributed by atoms with Crippen LogP contribution in [0.25, 0.3) is 0 Å². The van der Waals surface area contributed by atoms with Crippen LogP contribution in [0.3, 0.4) is 0 Å². The van der Waals surface area contributed by atoms with Crippen LogP contribution in [0, 0.1) is 29.6 Å². The lowest BCUT2D eigenvalue weighted by atomic mass is 9.69. The Morgan fingerprint density at radius 1 is 1.00 bits per heavy atom. The largest absolute Gasteiger partial charge is 0.481 e. The predicted molar refractivity (Wildman–Crippen MR) is 84.7 cm³/mol. The molecule has 0 amide bonds. The second-order valence-corrected chi connectivity index (χ2v) is 9.79. The van der Waals surface area contributed by atoms with E-state index in [2.05, 4.69) is 0 Å². The third-order valence-corrected chi connectivity index (χ3v) is 10.3. The number of carboxylic acids is 1. The van der Waals surface area contributed by atoms with Crippen molar-refractivity contribution in [3.8, 4) is 0 Å². The van der Waals surface area contributed by atoms with E-state index in [-0.39, 0.29) is 33.7 Å². The summed E-state index contributed by atoms with van der Waals surface area (Å²) in [6.07, 6.45) is 1.32. The summed E-state index contributed by atoms with van der Waals surface area (Å²) >= 11 is 39.3. The highest BCUT2D eigenvalue weighted by molar-refractivity contribution is 6.65. The van der Waals surface area contributed by atoms with Crippen LogP contribution in [0.1, 0.15) is 12.8 Å². The zero-order valence-corrected chi connectivity index (χ0v) is 15.0. The average molecular weight is 411 g/mol. The Morgan fingerprint density at radius 3 is 2.05 bits per heavy atom. The van der Waals surface area contributed by atoms with E-state index in [1.807, 2.05) is 0 Å². The predicted octanol–water partition coefficient (Wildman–Crippen LogP) is 4.80. The third kappa shape index (κ3) is 1.34. The van der Waals surface area contributed by atoms with E-state index in [1.165, 1.54) is 0 Å². The molecule has 0 aromatic heterocycles. The van der Waals surface area contributed by atoms with Crippen molar-refractivity contribution < 1.29 is 9.90 Å². The molecule has 0 aromatic rings. The van der Waals surface area contributed by atoms with Crippen molar-refractivity contribution in [3.05, 3.63) is 10.1 Å². The van der Waals surface area contributed by atoms with Gasteiger partial charge in [-0.3, -0.25) is 4.79 Å². The summed E-state index contributed by atoms with van der Waals surface area (Å²) in [5, 5.41) is 9.79. The minimum atomic E-state index is -1.54. The first kappa shape index (κ1) is 15.5. The van der Waals surface area contributed by atoms with Crippen LogP contribution in [-0.2, 0) is 4.79 Å². The van der Waals surface area contributed by atoms with Gasteiger partial charge in [-0.15, -0.1) is 23.2 Å². The molecule has 0 saturated heterocycles. The number of allylic oxidation sites excluding steroid dienone is 2. The highest BCUT2D eigenvalue weighted by atomic mass is 35.5. The molecule has 4 aliphatic rings. The molecule has 7 atom stereocenters. The fraction of sp³-hybridized carbons (Fsp3) is 0.769. The van der Waals surface area contributed by atoms with Gasteiger partial charge in [-0.05, 0) is 36.5 Å². The molecule has 2 nitrogen and oxygen atoms in total. The molecular formula is C13H10Cl6O2. The van der Waals surface area contributed by atoms with Gasteiger partial charge in [-0.1, -0.05) is 46.4 Å². The van der Waals surface area contributed by atoms with Gasteiger partial charge in [-0.2, -0.15) is 0 Å². The molecule has 4 bridgehead atoms. The van der Waals surface area contributed by atoms with Crippen molar-refractivity contribution in [1.82, 2.24) is 0 Å². The molecule has 8 heteroatoms. The number of hydrogen-bond acceptors (Lipinski definition) is 1. The van der Waals surface area contributed by atoms with Gasteiger partial charge in [0.1, 0.15) is 9.75 Å². The number of alkyl halides is 4. The van der Waals surface area contributed by atoms with Crippen molar-refractivity contribution in [1.29, 1.82) is 0 Å². The monoisotopic (exact) mass is 408 g/mol. The van der Waals surface area contributed by atoms with Gasteiger partial charge >= 0.3 is 5.97 Å². The van der Waals surface area contributed by atoms with E-state index in [0.717, 1.165) is 6.42 Å². The topological polar surface area (TPSA) is 37.3 Å². The number of aliphatic carboxylic acids is 1. The summed E-state index contributed by atoms with van der Waals surface area (Å²) < 4.78 is -1.54. The van der Waals surface area contributed by atoms with E-state index in [1.54, 1.807) is 0 Å². The molecule has 0 heterocycles. The lowest BCUT2D eigenvalue weighted by Crippen LogP contribution is -2.46. The molecule has 116 valence electrons. The Labute approximate surface area is 151 Å². The van der Waals surface area contributed by atoms with Crippen LogP contribution in [0.5, 0.6) is 0 Å². The highest BCUT2D eigenvalue weighted by Gasteiger charge is 2.86. The maximum absolute atomic E-state index is 11.5. The molecule has 1 N–H and O–H groups in total. The maximum atomic E-state index is 11.5. The van der Waals surface area contributed by atoms with Gasteiger partial charge in [0.05, 0.1) is 16.0 Å². The number of carboxylic acid groups (broad SMARTS) is 1. The lowest BCUT2D eigenvalue weighted by Gasteiger charge is -2.41. The Kier molecular flexibility index (Phi) is 3.04. The Bertz CT molecular complexity index is 603. The summed E-state index contributed by atoms with van der Waals surface area (Å²) in [6, 6.07) is 0. The number of rotatable bonds is 1. The summed E-state index contributed by atoms with van der Waals surface area (Å²) in [6.45, 7) is 0. The third-order valence-electron chi connectivity index (χ3n) is 5.99. The van der Waals surface area contributed by atoms with Crippen molar-refractivity contribution >= 4 is 75.6 Å². The number of halogens is 6. The molecule has 0 aromatic carbocycles. The smallest absolute Gasteiger partial charge is 0.306 e. The van der Waals surface area contributed by atoms with Crippen LogP contribution >= 0.6 is 69.6 Å². The first-order valence-corrected chi connectivity index (χ1v) is 8.91. The van der Waals surface area contributed by atoms with Gasteiger partial charge < -0.3 is 5.11 Å². The Balaban J connectivity index is 1.92. The first-order chi connectivity index (χ1) is 9.60. The molecule has 4 rings (SSSR count). The SMILES string of the molecule is O=C(O)C1CC2CC1C1C2C2(Cl)C(Cl)=C(Cl)C1(Cl)C2(Cl)Cl. The van der Waals surface area contributed by atoms with Crippen LogP contribution in [0.2, 0.25) is 0 Å². The summed E-state index contributed by atoms with van der Waals surface area (Å²) in [4.78, 5) is 8.92. The van der Waals surface area contributed by atoms with E-state index in [0.29, 0.717) is 6.42 Å². The number of fused-ring (bicyclic) bond motifs is 9. The van der Waals surface area contributed by atoms with Crippen molar-refractivity contribution in [2.24, 2.45) is 29.6 Å². The average Bonchev–Trinajstić information content (AvgIpc) is 3.05. The maximum Gasteiger partial charge on any atom is 0.306 e. The minimum absolute atomic E-state index is 0.106. The molecule has 7 unspecified atom stereocenters. The van der Waals surface area contributed by atoms with Crippen LogP contribution in [0.15, 0.2) is 10.1 Å². The zero-order chi connectivity index (χ0) is 15.5. The fourth-order valence-corrected chi connectivity index (χ4v) is 8.48. The number of hydrogen-bond donors (Lipinski definition) is 1. The van der Waals surface area contributed by atoms with E-state index < -0.39 is 26.0 Å². The van der Waals surface area contributed by atoms with E-state index in [9.17, 15) is 9.90 Å². The molecule has 21 heavy (non-hydrogen) atoms. The van der Waals surface area contributed by atoms with Crippen molar-refractivity contribution in [3.63, 3.8) is 0 Å². The molecule has 3 saturated carbocycles. The Morgan fingerprint density at radius 2 is 1.52 bits per heavy atom. The molecule has 0 aliphatic heterocycles. The van der Waals surface area contributed by atoms with Crippen LogP contribution < -0.4 is 0 Å². The molecule has 0 radical (unpaired) electrons. The van der Waals surface area contributed by atoms with Gasteiger partial charge in [0.25, 0.3) is 0 Å². The zero-order valence-electron chi connectivity index (χ0n) is 10.4. The van der Waals surface area contributed by atoms with E-state index in [4.69, 9.17) is 69.6 Å². The second-order valence-electron chi connectivity index (χ2n) is 6.52.